The fraction of sp³-hybridized carbons (Fsp3) is 0.429. The number of halogens is 1. The minimum atomic E-state index is -0.517. The molecule has 108 valence electrons. The lowest BCUT2D eigenvalue weighted by atomic mass is 9.99. The Morgan fingerprint density at radius 1 is 1.35 bits per heavy atom. The van der Waals surface area contributed by atoms with Gasteiger partial charge in [-0.1, -0.05) is 0 Å². The molecule has 1 heterocycles. The summed E-state index contributed by atoms with van der Waals surface area (Å²) in [5, 5.41) is 8.29. The van der Waals surface area contributed by atoms with Crippen molar-refractivity contribution in [3.63, 3.8) is 0 Å². The molecule has 0 spiro atoms. The van der Waals surface area contributed by atoms with Gasteiger partial charge in [-0.25, -0.2) is 4.39 Å². The Morgan fingerprint density at radius 3 is 2.80 bits per heavy atom. The van der Waals surface area contributed by atoms with Gasteiger partial charge < -0.3 is 16.0 Å². The Kier molecular flexibility index (Phi) is 4.68. The second-order valence-corrected chi connectivity index (χ2v) is 4.91. The molecule has 0 saturated carbocycles. The van der Waals surface area contributed by atoms with Gasteiger partial charge in [0.05, 0.1) is 11.6 Å². The molecule has 2 rings (SSSR count). The van der Waals surface area contributed by atoms with Crippen LogP contribution >= 0.6 is 0 Å². The van der Waals surface area contributed by atoms with Crippen LogP contribution < -0.4 is 16.0 Å². The van der Waals surface area contributed by atoms with Crippen molar-refractivity contribution in [3.05, 3.63) is 24.0 Å². The average Bonchev–Trinajstić information content (AvgIpc) is 2.43. The average molecular weight is 279 g/mol. The molecular formula is C14H18FN3O2. The maximum Gasteiger partial charge on any atom is 0.228 e. The molecule has 1 atom stereocenters. The van der Waals surface area contributed by atoms with Crippen LogP contribution in [-0.4, -0.2) is 24.9 Å². The van der Waals surface area contributed by atoms with Crippen molar-refractivity contribution in [2.24, 2.45) is 5.92 Å². The summed E-state index contributed by atoms with van der Waals surface area (Å²) in [6, 6.07) is 4.10. The van der Waals surface area contributed by atoms with Gasteiger partial charge in [-0.15, -0.1) is 0 Å². The minimum Gasteiger partial charge on any atom is -0.326 e. The molecular weight excluding hydrogens is 261 g/mol. The van der Waals surface area contributed by atoms with Gasteiger partial charge in [-0.2, -0.15) is 0 Å². The second kappa shape index (κ2) is 6.47. The predicted molar refractivity (Wildman–Crippen MR) is 74.9 cm³/mol. The van der Waals surface area contributed by atoms with Gasteiger partial charge in [0.1, 0.15) is 5.82 Å². The van der Waals surface area contributed by atoms with E-state index in [-0.39, 0.29) is 23.4 Å². The summed E-state index contributed by atoms with van der Waals surface area (Å²) in [5.74, 6) is -1.11. The van der Waals surface area contributed by atoms with E-state index in [1.807, 2.05) is 0 Å². The summed E-state index contributed by atoms with van der Waals surface area (Å²) in [6.45, 7) is 2.89. The van der Waals surface area contributed by atoms with E-state index in [9.17, 15) is 14.0 Å². The molecule has 2 amide bonds. The van der Waals surface area contributed by atoms with Crippen LogP contribution in [0.5, 0.6) is 0 Å². The number of anilines is 2. The van der Waals surface area contributed by atoms with Crippen LogP contribution in [0, 0.1) is 11.7 Å². The molecule has 1 aromatic rings. The van der Waals surface area contributed by atoms with Gasteiger partial charge in [-0.05, 0) is 37.6 Å². The first-order chi connectivity index (χ1) is 9.56. The van der Waals surface area contributed by atoms with E-state index in [1.54, 1.807) is 0 Å². The molecule has 1 aromatic carbocycles. The van der Waals surface area contributed by atoms with Crippen LogP contribution in [0.15, 0.2) is 18.2 Å². The Morgan fingerprint density at radius 2 is 2.15 bits per heavy atom. The molecule has 1 aliphatic rings. The first kappa shape index (κ1) is 14.5. The van der Waals surface area contributed by atoms with Crippen LogP contribution in [0.1, 0.15) is 19.8 Å². The fourth-order valence-electron chi connectivity index (χ4n) is 2.21. The molecule has 0 aliphatic carbocycles. The summed E-state index contributed by atoms with van der Waals surface area (Å²) in [7, 11) is 0. The topological polar surface area (TPSA) is 70.2 Å². The van der Waals surface area contributed by atoms with Gasteiger partial charge in [0.15, 0.2) is 0 Å². The van der Waals surface area contributed by atoms with Crippen LogP contribution in [0.2, 0.25) is 0 Å². The summed E-state index contributed by atoms with van der Waals surface area (Å²) >= 11 is 0. The number of hydrogen-bond acceptors (Lipinski definition) is 3. The predicted octanol–water partition coefficient (Wildman–Crippen LogP) is 1.72. The van der Waals surface area contributed by atoms with Crippen molar-refractivity contribution in [2.75, 3.05) is 23.7 Å². The molecule has 1 unspecified atom stereocenters. The Labute approximate surface area is 116 Å². The summed E-state index contributed by atoms with van der Waals surface area (Å²) in [4.78, 5) is 23.0. The van der Waals surface area contributed by atoms with E-state index < -0.39 is 5.82 Å². The van der Waals surface area contributed by atoms with E-state index in [0.29, 0.717) is 12.2 Å². The first-order valence-electron chi connectivity index (χ1n) is 6.65. The van der Waals surface area contributed by atoms with Crippen molar-refractivity contribution in [2.45, 2.75) is 19.8 Å². The van der Waals surface area contributed by atoms with Gasteiger partial charge in [0, 0.05) is 19.2 Å². The molecule has 5 nitrogen and oxygen atoms in total. The standard InChI is InChI=1S/C14H18FN3O2/c1-9(19)17-11-4-5-12(15)13(7-11)18-14(20)10-3-2-6-16-8-10/h4-5,7,10,16H,2-3,6,8H2,1H3,(H,17,19)(H,18,20). The zero-order chi connectivity index (χ0) is 14.5. The summed E-state index contributed by atoms with van der Waals surface area (Å²) in [6.07, 6.45) is 1.73. The monoisotopic (exact) mass is 279 g/mol. The molecule has 0 aromatic heterocycles. The smallest absolute Gasteiger partial charge is 0.228 e. The third-order valence-corrected chi connectivity index (χ3v) is 3.21. The van der Waals surface area contributed by atoms with Gasteiger partial charge in [0.25, 0.3) is 0 Å². The molecule has 1 fully saturated rings. The molecule has 20 heavy (non-hydrogen) atoms. The molecule has 0 bridgehead atoms. The van der Waals surface area contributed by atoms with E-state index in [2.05, 4.69) is 16.0 Å². The maximum absolute atomic E-state index is 13.7. The largest absolute Gasteiger partial charge is 0.326 e. The minimum absolute atomic E-state index is 0.0897. The van der Waals surface area contributed by atoms with Gasteiger partial charge >= 0.3 is 0 Å². The highest BCUT2D eigenvalue weighted by atomic mass is 19.1. The van der Waals surface area contributed by atoms with Crippen LogP contribution in [0.3, 0.4) is 0 Å². The number of benzene rings is 1. The Balaban J connectivity index is 2.07. The van der Waals surface area contributed by atoms with Crippen molar-refractivity contribution in [1.82, 2.24) is 5.32 Å². The molecule has 6 heteroatoms. The van der Waals surface area contributed by atoms with Crippen LogP contribution in [-0.2, 0) is 9.59 Å². The van der Waals surface area contributed by atoms with E-state index in [4.69, 9.17) is 0 Å². The van der Waals surface area contributed by atoms with E-state index in [1.165, 1.54) is 25.1 Å². The van der Waals surface area contributed by atoms with Crippen molar-refractivity contribution in [1.29, 1.82) is 0 Å². The van der Waals surface area contributed by atoms with Crippen molar-refractivity contribution in [3.8, 4) is 0 Å². The van der Waals surface area contributed by atoms with E-state index in [0.717, 1.165) is 19.4 Å². The third-order valence-electron chi connectivity index (χ3n) is 3.21. The normalized spacial score (nSPS) is 18.4. The number of carbonyl (C=O) groups is 2. The van der Waals surface area contributed by atoms with Crippen LogP contribution in [0.4, 0.5) is 15.8 Å². The highest BCUT2D eigenvalue weighted by Crippen LogP contribution is 2.21. The number of hydrogen-bond donors (Lipinski definition) is 3. The number of carbonyl (C=O) groups excluding carboxylic acids is 2. The quantitative estimate of drug-likeness (QED) is 0.789. The second-order valence-electron chi connectivity index (χ2n) is 4.91. The zero-order valence-electron chi connectivity index (χ0n) is 11.3. The number of piperidine rings is 1. The van der Waals surface area contributed by atoms with Crippen molar-refractivity contribution < 1.29 is 14.0 Å². The zero-order valence-corrected chi connectivity index (χ0v) is 11.3. The van der Waals surface area contributed by atoms with Gasteiger partial charge in [-0.3, -0.25) is 9.59 Å². The summed E-state index contributed by atoms with van der Waals surface area (Å²) < 4.78 is 13.7. The highest BCUT2D eigenvalue weighted by Gasteiger charge is 2.21. The lowest BCUT2D eigenvalue weighted by molar-refractivity contribution is -0.120. The number of rotatable bonds is 3. The lowest BCUT2D eigenvalue weighted by Crippen LogP contribution is -2.37. The van der Waals surface area contributed by atoms with Gasteiger partial charge in [0.2, 0.25) is 11.8 Å². The number of nitrogens with one attached hydrogen (secondary N) is 3. The molecule has 3 N–H and O–H groups in total. The SMILES string of the molecule is CC(=O)Nc1ccc(F)c(NC(=O)C2CCCNC2)c1. The number of amides is 2. The Bertz CT molecular complexity index is 513. The molecule has 1 saturated heterocycles. The lowest BCUT2D eigenvalue weighted by Gasteiger charge is -2.22. The van der Waals surface area contributed by atoms with Crippen molar-refractivity contribution >= 4 is 23.2 Å². The van der Waals surface area contributed by atoms with E-state index >= 15 is 0 Å². The molecule has 1 aliphatic heterocycles. The Hall–Kier alpha value is -1.95. The molecule has 0 radical (unpaired) electrons. The van der Waals surface area contributed by atoms with Crippen LogP contribution in [0.25, 0.3) is 0 Å². The first-order valence-corrected chi connectivity index (χ1v) is 6.65. The summed E-state index contributed by atoms with van der Waals surface area (Å²) in [5.41, 5.74) is 0.544. The maximum atomic E-state index is 13.7. The highest BCUT2D eigenvalue weighted by molar-refractivity contribution is 5.94. The third kappa shape index (κ3) is 3.77. The fourth-order valence-corrected chi connectivity index (χ4v) is 2.21.